The fourth-order valence-electron chi connectivity index (χ4n) is 1.90. The molecule has 0 unspecified atom stereocenters. The Morgan fingerprint density at radius 3 is 2.80 bits per heavy atom. The first-order valence-electron chi connectivity index (χ1n) is 6.46. The molecule has 0 radical (unpaired) electrons. The zero-order valence-electron chi connectivity index (χ0n) is 11.2. The summed E-state index contributed by atoms with van der Waals surface area (Å²) in [6.45, 7) is 1.16. The number of carbonyl (C=O) groups is 1. The maximum absolute atomic E-state index is 12.0. The van der Waals surface area contributed by atoms with Crippen molar-refractivity contribution in [3.63, 3.8) is 0 Å². The van der Waals surface area contributed by atoms with E-state index in [1.165, 1.54) is 38.2 Å². The summed E-state index contributed by atoms with van der Waals surface area (Å²) >= 11 is 0. The lowest BCUT2D eigenvalue weighted by atomic mass is 10.1. The summed E-state index contributed by atoms with van der Waals surface area (Å²) in [5.41, 5.74) is -0.0376. The Morgan fingerprint density at radius 1 is 1.45 bits per heavy atom. The van der Waals surface area contributed by atoms with Gasteiger partial charge in [0.05, 0.1) is 17.6 Å². The maximum atomic E-state index is 12.0. The van der Waals surface area contributed by atoms with Gasteiger partial charge in [-0.25, -0.2) is 0 Å². The van der Waals surface area contributed by atoms with Crippen LogP contribution in [-0.2, 0) is 0 Å². The largest absolute Gasteiger partial charge is 0.490 e. The molecule has 1 aromatic rings. The minimum absolute atomic E-state index is 0.00912. The lowest BCUT2D eigenvalue weighted by Gasteiger charge is -2.09. The molecule has 1 amide bonds. The van der Waals surface area contributed by atoms with Crippen LogP contribution in [0.4, 0.5) is 5.69 Å². The van der Waals surface area contributed by atoms with Gasteiger partial charge in [0.1, 0.15) is 0 Å². The van der Waals surface area contributed by atoms with E-state index >= 15 is 0 Å². The standard InChI is InChI=1S/C13H17N3O4/c1-20-12-10(3-2-4-11(12)16(18)19)13(17)15-8-7-14-9-5-6-9/h2-4,9,14H,5-8H2,1H3,(H,15,17). The maximum Gasteiger partial charge on any atom is 0.311 e. The molecular formula is C13H17N3O4. The number of nitro benzene ring substituents is 1. The lowest BCUT2D eigenvalue weighted by Crippen LogP contribution is -2.32. The van der Waals surface area contributed by atoms with Crippen molar-refractivity contribution in [2.24, 2.45) is 0 Å². The summed E-state index contributed by atoms with van der Waals surface area (Å²) in [5, 5.41) is 16.9. The summed E-state index contributed by atoms with van der Waals surface area (Å²) in [6.07, 6.45) is 2.37. The van der Waals surface area contributed by atoms with Crippen molar-refractivity contribution in [3.8, 4) is 5.75 Å². The van der Waals surface area contributed by atoms with E-state index in [0.717, 1.165) is 0 Å². The van der Waals surface area contributed by atoms with Crippen molar-refractivity contribution < 1.29 is 14.5 Å². The van der Waals surface area contributed by atoms with Gasteiger partial charge in [-0.3, -0.25) is 14.9 Å². The molecule has 0 atom stereocenters. The summed E-state index contributed by atoms with van der Waals surface area (Å²) in [6, 6.07) is 4.87. The number of amides is 1. The second-order valence-corrected chi connectivity index (χ2v) is 4.60. The number of para-hydroxylation sites is 1. The first kappa shape index (κ1) is 14.3. The highest BCUT2D eigenvalue weighted by atomic mass is 16.6. The molecule has 7 nitrogen and oxygen atoms in total. The molecule has 2 N–H and O–H groups in total. The van der Waals surface area contributed by atoms with Crippen LogP contribution >= 0.6 is 0 Å². The van der Waals surface area contributed by atoms with Crippen molar-refractivity contribution in [3.05, 3.63) is 33.9 Å². The van der Waals surface area contributed by atoms with Crippen LogP contribution in [0, 0.1) is 10.1 Å². The van der Waals surface area contributed by atoms with Crippen LogP contribution in [0.2, 0.25) is 0 Å². The Morgan fingerprint density at radius 2 is 2.20 bits per heavy atom. The normalized spacial score (nSPS) is 13.8. The van der Waals surface area contributed by atoms with Gasteiger partial charge in [0.2, 0.25) is 5.75 Å². The van der Waals surface area contributed by atoms with Crippen LogP contribution in [0.1, 0.15) is 23.2 Å². The first-order valence-corrected chi connectivity index (χ1v) is 6.46. The molecule has 7 heteroatoms. The van der Waals surface area contributed by atoms with Gasteiger partial charge in [-0.15, -0.1) is 0 Å². The van der Waals surface area contributed by atoms with Crippen molar-refractivity contribution in [2.75, 3.05) is 20.2 Å². The molecule has 0 saturated heterocycles. The van der Waals surface area contributed by atoms with Gasteiger partial charge < -0.3 is 15.4 Å². The highest BCUT2D eigenvalue weighted by Gasteiger charge is 2.23. The van der Waals surface area contributed by atoms with E-state index in [4.69, 9.17) is 4.74 Å². The quantitative estimate of drug-likeness (QED) is 0.442. The van der Waals surface area contributed by atoms with Crippen LogP contribution in [0.15, 0.2) is 18.2 Å². The van der Waals surface area contributed by atoms with Gasteiger partial charge in [0, 0.05) is 25.2 Å². The predicted molar refractivity (Wildman–Crippen MR) is 73.0 cm³/mol. The molecule has 2 rings (SSSR count). The van der Waals surface area contributed by atoms with E-state index < -0.39 is 4.92 Å². The lowest BCUT2D eigenvalue weighted by molar-refractivity contribution is -0.385. The smallest absolute Gasteiger partial charge is 0.311 e. The second kappa shape index (κ2) is 6.33. The number of hydrogen-bond acceptors (Lipinski definition) is 5. The second-order valence-electron chi connectivity index (χ2n) is 4.60. The summed E-state index contributed by atoms with van der Waals surface area (Å²) in [5.74, 6) is -0.381. The van der Waals surface area contributed by atoms with Gasteiger partial charge in [0.25, 0.3) is 5.91 Å². The molecule has 0 heterocycles. The van der Waals surface area contributed by atoms with Gasteiger partial charge in [-0.2, -0.15) is 0 Å². The number of nitrogens with zero attached hydrogens (tertiary/aromatic N) is 1. The number of hydrogen-bond donors (Lipinski definition) is 2. The summed E-state index contributed by atoms with van der Waals surface area (Å²) < 4.78 is 5.00. The van der Waals surface area contributed by atoms with E-state index in [0.29, 0.717) is 19.1 Å². The van der Waals surface area contributed by atoms with Crippen LogP contribution in [0.25, 0.3) is 0 Å². The van der Waals surface area contributed by atoms with Crippen LogP contribution in [-0.4, -0.2) is 37.1 Å². The third kappa shape index (κ3) is 3.45. The number of nitrogens with one attached hydrogen (secondary N) is 2. The van der Waals surface area contributed by atoms with Crippen LogP contribution in [0.5, 0.6) is 5.75 Å². The van der Waals surface area contributed by atoms with Gasteiger partial charge in [-0.1, -0.05) is 6.07 Å². The van der Waals surface area contributed by atoms with E-state index in [2.05, 4.69) is 10.6 Å². The Balaban J connectivity index is 2.00. The fraction of sp³-hybridized carbons (Fsp3) is 0.462. The van der Waals surface area contributed by atoms with Crippen LogP contribution < -0.4 is 15.4 Å². The number of benzene rings is 1. The fourth-order valence-corrected chi connectivity index (χ4v) is 1.90. The van der Waals surface area contributed by atoms with E-state index in [9.17, 15) is 14.9 Å². The molecule has 0 spiro atoms. The number of nitro groups is 1. The summed E-state index contributed by atoms with van der Waals surface area (Å²) in [4.78, 5) is 22.3. The van der Waals surface area contributed by atoms with Gasteiger partial charge in [0.15, 0.2) is 0 Å². The molecule has 20 heavy (non-hydrogen) atoms. The minimum atomic E-state index is -0.565. The number of methoxy groups -OCH3 is 1. The Kier molecular flexibility index (Phi) is 4.52. The highest BCUT2D eigenvalue weighted by Crippen LogP contribution is 2.30. The molecule has 108 valence electrons. The Labute approximate surface area is 116 Å². The van der Waals surface area contributed by atoms with E-state index in [1.807, 2.05) is 0 Å². The minimum Gasteiger partial charge on any atom is -0.490 e. The molecule has 0 bridgehead atoms. The van der Waals surface area contributed by atoms with E-state index in [-0.39, 0.29) is 22.9 Å². The SMILES string of the molecule is COc1c(C(=O)NCCNC2CC2)cccc1[N+](=O)[O-]. The zero-order chi connectivity index (χ0) is 14.5. The molecule has 1 aliphatic rings. The molecule has 1 fully saturated rings. The van der Waals surface area contributed by atoms with Crippen molar-refractivity contribution in [2.45, 2.75) is 18.9 Å². The highest BCUT2D eigenvalue weighted by molar-refractivity contribution is 5.98. The number of carbonyl (C=O) groups excluding carboxylic acids is 1. The van der Waals surface area contributed by atoms with Crippen LogP contribution in [0.3, 0.4) is 0 Å². The third-order valence-corrected chi connectivity index (χ3v) is 3.06. The van der Waals surface area contributed by atoms with E-state index in [1.54, 1.807) is 0 Å². The summed E-state index contributed by atoms with van der Waals surface area (Å²) in [7, 11) is 1.31. The monoisotopic (exact) mass is 279 g/mol. The molecule has 1 saturated carbocycles. The molecule has 1 aliphatic carbocycles. The predicted octanol–water partition coefficient (Wildman–Crippen LogP) is 1.09. The van der Waals surface area contributed by atoms with Crippen molar-refractivity contribution in [1.29, 1.82) is 0 Å². The van der Waals surface area contributed by atoms with Crippen molar-refractivity contribution >= 4 is 11.6 Å². The first-order chi connectivity index (χ1) is 9.63. The average molecular weight is 279 g/mol. The number of ether oxygens (including phenoxy) is 1. The number of rotatable bonds is 7. The van der Waals surface area contributed by atoms with Crippen molar-refractivity contribution in [1.82, 2.24) is 10.6 Å². The Bertz CT molecular complexity index is 514. The van der Waals surface area contributed by atoms with Gasteiger partial charge in [-0.05, 0) is 18.9 Å². The molecule has 1 aromatic carbocycles. The molecular weight excluding hydrogens is 262 g/mol. The topological polar surface area (TPSA) is 93.5 Å². The Hall–Kier alpha value is -2.15. The average Bonchev–Trinajstić information content (AvgIpc) is 3.26. The molecule has 0 aromatic heterocycles. The van der Waals surface area contributed by atoms with Gasteiger partial charge >= 0.3 is 5.69 Å². The third-order valence-electron chi connectivity index (χ3n) is 3.06. The molecule has 0 aliphatic heterocycles. The zero-order valence-corrected chi connectivity index (χ0v) is 11.2.